The molecule has 1 aromatic carbocycles. The van der Waals surface area contributed by atoms with Gasteiger partial charge in [0.05, 0.1) is 10.6 Å². The van der Waals surface area contributed by atoms with Crippen molar-refractivity contribution < 1.29 is 0 Å². The van der Waals surface area contributed by atoms with Gasteiger partial charge >= 0.3 is 0 Å². The Labute approximate surface area is 94.3 Å². The van der Waals surface area contributed by atoms with Gasteiger partial charge in [0.1, 0.15) is 0 Å². The van der Waals surface area contributed by atoms with Crippen LogP contribution >= 0.6 is 23.4 Å². The van der Waals surface area contributed by atoms with E-state index in [1.165, 1.54) is 0 Å². The molecule has 0 bridgehead atoms. The van der Waals surface area contributed by atoms with Gasteiger partial charge in [-0.05, 0) is 12.1 Å². The van der Waals surface area contributed by atoms with Gasteiger partial charge in [-0.3, -0.25) is 0 Å². The summed E-state index contributed by atoms with van der Waals surface area (Å²) in [6.07, 6.45) is 0. The van der Waals surface area contributed by atoms with Gasteiger partial charge in [-0.15, -0.1) is 11.8 Å². The Morgan fingerprint density at radius 1 is 1.50 bits per heavy atom. The van der Waals surface area contributed by atoms with E-state index in [-0.39, 0.29) is 0 Å². The summed E-state index contributed by atoms with van der Waals surface area (Å²) < 4.78 is 0. The first-order chi connectivity index (χ1) is 6.65. The fraction of sp³-hybridized carbons (Fsp3) is 0.364. The Morgan fingerprint density at radius 3 is 2.79 bits per heavy atom. The molecule has 1 nitrogen and oxygen atoms in total. The molecule has 0 saturated heterocycles. The molecule has 0 saturated carbocycles. The van der Waals surface area contributed by atoms with Crippen LogP contribution in [-0.2, 0) is 6.54 Å². The van der Waals surface area contributed by atoms with Crippen LogP contribution in [0.4, 0.5) is 0 Å². The second kappa shape index (κ2) is 5.29. The van der Waals surface area contributed by atoms with Crippen molar-refractivity contribution in [3.8, 4) is 0 Å². The molecule has 3 heteroatoms. The Balaban J connectivity index is 3.02. The quantitative estimate of drug-likeness (QED) is 0.550. The summed E-state index contributed by atoms with van der Waals surface area (Å²) >= 11 is 7.79. The predicted octanol–water partition coefficient (Wildman–Crippen LogP) is 4.26. The molecule has 0 radical (unpaired) electrons. The van der Waals surface area contributed by atoms with Crippen molar-refractivity contribution in [3.05, 3.63) is 40.2 Å². The SMILES string of the molecule is [C-]#[N+]Cc1c(Cl)cccc1SC(C)C. The molecule has 0 atom stereocenters. The molecule has 1 aromatic rings. The standard InChI is InChI=1S/C11H12ClNS/c1-8(2)14-11-6-4-5-10(12)9(11)7-13-3/h4-6,8H,7H2,1-2H3. The van der Waals surface area contributed by atoms with Gasteiger partial charge in [-0.1, -0.05) is 31.5 Å². The molecule has 0 fully saturated rings. The summed E-state index contributed by atoms with van der Waals surface area (Å²) in [5, 5.41) is 1.21. The van der Waals surface area contributed by atoms with Gasteiger partial charge < -0.3 is 4.85 Å². The normalized spacial score (nSPS) is 10.2. The highest BCUT2D eigenvalue weighted by molar-refractivity contribution is 8.00. The van der Waals surface area contributed by atoms with Crippen molar-refractivity contribution in [2.24, 2.45) is 0 Å². The first-order valence-corrected chi connectivity index (χ1v) is 5.68. The Bertz CT molecular complexity index is 355. The summed E-state index contributed by atoms with van der Waals surface area (Å²) in [5.74, 6) is 0. The highest BCUT2D eigenvalue weighted by Gasteiger charge is 2.10. The van der Waals surface area contributed by atoms with Crippen LogP contribution in [0.25, 0.3) is 4.85 Å². The van der Waals surface area contributed by atoms with E-state index >= 15 is 0 Å². The molecule has 0 unspecified atom stereocenters. The van der Waals surface area contributed by atoms with Crippen LogP contribution in [0, 0.1) is 6.57 Å². The fourth-order valence-corrected chi connectivity index (χ4v) is 2.41. The lowest BCUT2D eigenvalue weighted by Crippen LogP contribution is -1.91. The molecule has 0 amide bonds. The summed E-state index contributed by atoms with van der Waals surface area (Å²) in [6.45, 7) is 11.5. The molecule has 0 heterocycles. The zero-order chi connectivity index (χ0) is 10.6. The van der Waals surface area contributed by atoms with Crippen LogP contribution in [-0.4, -0.2) is 5.25 Å². The topological polar surface area (TPSA) is 4.36 Å². The molecule has 1 rings (SSSR count). The molecule has 0 aliphatic heterocycles. The van der Waals surface area contributed by atoms with Crippen molar-refractivity contribution in [2.75, 3.05) is 0 Å². The number of hydrogen-bond acceptors (Lipinski definition) is 1. The number of rotatable bonds is 3. The third-order valence-electron chi connectivity index (χ3n) is 1.68. The lowest BCUT2D eigenvalue weighted by molar-refractivity contribution is 1.09. The second-order valence-electron chi connectivity index (χ2n) is 3.20. The van der Waals surface area contributed by atoms with Gasteiger partial charge in [-0.25, -0.2) is 6.57 Å². The molecular formula is C11H12ClNS. The minimum atomic E-state index is 0.370. The van der Waals surface area contributed by atoms with Gasteiger partial charge in [-0.2, -0.15) is 0 Å². The first kappa shape index (κ1) is 11.4. The maximum atomic E-state index is 6.87. The Kier molecular flexibility index (Phi) is 4.31. The fourth-order valence-electron chi connectivity index (χ4n) is 1.14. The van der Waals surface area contributed by atoms with Crippen molar-refractivity contribution in [1.82, 2.24) is 0 Å². The third-order valence-corrected chi connectivity index (χ3v) is 3.14. The minimum absolute atomic E-state index is 0.370. The molecular weight excluding hydrogens is 214 g/mol. The van der Waals surface area contributed by atoms with Gasteiger partial charge in [0.2, 0.25) is 6.54 Å². The number of nitrogens with zero attached hydrogens (tertiary/aromatic N) is 1. The van der Waals surface area contributed by atoms with Crippen LogP contribution in [0.2, 0.25) is 5.02 Å². The predicted molar refractivity (Wildman–Crippen MR) is 62.8 cm³/mol. The van der Waals surface area contributed by atoms with E-state index in [2.05, 4.69) is 18.7 Å². The molecule has 0 aromatic heterocycles. The van der Waals surface area contributed by atoms with Crippen LogP contribution in [0.3, 0.4) is 0 Å². The zero-order valence-electron chi connectivity index (χ0n) is 8.25. The molecule has 0 N–H and O–H groups in total. The monoisotopic (exact) mass is 225 g/mol. The highest BCUT2D eigenvalue weighted by atomic mass is 35.5. The number of benzene rings is 1. The number of halogens is 1. The van der Waals surface area contributed by atoms with E-state index in [1.54, 1.807) is 11.8 Å². The number of thioether (sulfide) groups is 1. The van der Waals surface area contributed by atoms with E-state index in [0.717, 1.165) is 10.5 Å². The summed E-state index contributed by atoms with van der Waals surface area (Å²) in [5.41, 5.74) is 0.961. The van der Waals surface area contributed by atoms with Crippen molar-refractivity contribution in [2.45, 2.75) is 30.5 Å². The van der Waals surface area contributed by atoms with Crippen LogP contribution in [0.15, 0.2) is 23.1 Å². The largest absolute Gasteiger partial charge is 0.312 e. The maximum Gasteiger partial charge on any atom is 0.242 e. The molecule has 0 spiro atoms. The number of hydrogen-bond donors (Lipinski definition) is 0. The maximum absolute atomic E-state index is 6.87. The van der Waals surface area contributed by atoms with Crippen molar-refractivity contribution in [3.63, 3.8) is 0 Å². The van der Waals surface area contributed by atoms with Crippen molar-refractivity contribution >= 4 is 23.4 Å². The van der Waals surface area contributed by atoms with Gasteiger partial charge in [0.15, 0.2) is 0 Å². The van der Waals surface area contributed by atoms with Crippen LogP contribution < -0.4 is 0 Å². The molecule has 14 heavy (non-hydrogen) atoms. The summed E-state index contributed by atoms with van der Waals surface area (Å²) in [7, 11) is 0. The zero-order valence-corrected chi connectivity index (χ0v) is 9.82. The van der Waals surface area contributed by atoms with Gasteiger partial charge in [0, 0.05) is 10.1 Å². The average molecular weight is 226 g/mol. The van der Waals surface area contributed by atoms with E-state index in [1.807, 2.05) is 18.2 Å². The Hall–Kier alpha value is -0.650. The van der Waals surface area contributed by atoms with E-state index in [4.69, 9.17) is 18.2 Å². The smallest absolute Gasteiger partial charge is 0.242 e. The van der Waals surface area contributed by atoms with Crippen molar-refractivity contribution in [1.29, 1.82) is 0 Å². The average Bonchev–Trinajstić information content (AvgIpc) is 2.10. The van der Waals surface area contributed by atoms with Crippen LogP contribution in [0.5, 0.6) is 0 Å². The minimum Gasteiger partial charge on any atom is -0.312 e. The molecule has 74 valence electrons. The van der Waals surface area contributed by atoms with Crippen LogP contribution in [0.1, 0.15) is 19.4 Å². The first-order valence-electron chi connectivity index (χ1n) is 4.42. The Morgan fingerprint density at radius 2 is 2.21 bits per heavy atom. The summed E-state index contributed by atoms with van der Waals surface area (Å²) in [6, 6.07) is 5.80. The molecule has 0 aliphatic rings. The summed E-state index contributed by atoms with van der Waals surface area (Å²) in [4.78, 5) is 4.52. The van der Waals surface area contributed by atoms with Gasteiger partial charge in [0.25, 0.3) is 0 Å². The lowest BCUT2D eigenvalue weighted by atomic mass is 10.2. The second-order valence-corrected chi connectivity index (χ2v) is 5.22. The highest BCUT2D eigenvalue weighted by Crippen LogP contribution is 2.31. The molecule has 0 aliphatic carbocycles. The van der Waals surface area contributed by atoms with E-state index in [9.17, 15) is 0 Å². The third kappa shape index (κ3) is 2.94. The van der Waals surface area contributed by atoms with E-state index < -0.39 is 0 Å². The van der Waals surface area contributed by atoms with E-state index in [0.29, 0.717) is 16.8 Å². The lowest BCUT2D eigenvalue weighted by Gasteiger charge is -2.08.